The predicted octanol–water partition coefficient (Wildman–Crippen LogP) is 3.01. The maximum atomic E-state index is 12.3. The Morgan fingerprint density at radius 2 is 1.59 bits per heavy atom. The fourth-order valence-corrected chi connectivity index (χ4v) is 4.55. The van der Waals surface area contributed by atoms with Crippen LogP contribution in [0.2, 0.25) is 0 Å². The summed E-state index contributed by atoms with van der Waals surface area (Å²) in [5.74, 6) is 1.96. The number of hydrogen-bond donors (Lipinski definition) is 3. The van der Waals surface area contributed by atoms with Crippen LogP contribution in [0.3, 0.4) is 0 Å². The van der Waals surface area contributed by atoms with Crippen LogP contribution in [0, 0.1) is 0 Å². The Balaban J connectivity index is 0.00000512. The summed E-state index contributed by atoms with van der Waals surface area (Å²) in [7, 11) is 1.50. The standard InChI is InChI=1S/C22H32N4O4S.HI/c1-16(2)26-31(27,28)15-19-9-7-6-8-17(19)13-24-22(23-3)25-14-18-10-11-20(29-4)12-21(18)30-5;/h6-12,16,26H,13-15H2,1-5H3,(H2,23,24,25);1H. The van der Waals surface area contributed by atoms with E-state index < -0.39 is 10.0 Å². The largest absolute Gasteiger partial charge is 0.497 e. The first kappa shape index (κ1) is 28.0. The molecule has 8 nitrogen and oxygen atoms in total. The van der Waals surface area contributed by atoms with Gasteiger partial charge in [0.05, 0.1) is 20.0 Å². The van der Waals surface area contributed by atoms with Crippen molar-refractivity contribution in [2.45, 2.75) is 38.7 Å². The van der Waals surface area contributed by atoms with Crippen LogP contribution in [-0.4, -0.2) is 41.7 Å². The van der Waals surface area contributed by atoms with Crippen LogP contribution in [0.1, 0.15) is 30.5 Å². The first-order chi connectivity index (χ1) is 14.8. The molecule has 0 atom stereocenters. The van der Waals surface area contributed by atoms with E-state index in [-0.39, 0.29) is 35.8 Å². The zero-order valence-electron chi connectivity index (χ0n) is 19.1. The fourth-order valence-electron chi connectivity index (χ4n) is 3.05. The minimum Gasteiger partial charge on any atom is -0.497 e. The monoisotopic (exact) mass is 576 g/mol. The van der Waals surface area contributed by atoms with Gasteiger partial charge < -0.3 is 20.1 Å². The molecule has 0 saturated carbocycles. The molecule has 32 heavy (non-hydrogen) atoms. The molecule has 0 bridgehead atoms. The van der Waals surface area contributed by atoms with Crippen LogP contribution < -0.4 is 24.8 Å². The van der Waals surface area contributed by atoms with Crippen LogP contribution in [0.15, 0.2) is 47.5 Å². The normalized spacial score (nSPS) is 11.6. The van der Waals surface area contributed by atoms with Crippen molar-refractivity contribution in [2.24, 2.45) is 4.99 Å². The minimum atomic E-state index is -3.41. The molecule has 0 heterocycles. The summed E-state index contributed by atoms with van der Waals surface area (Å²) in [6, 6.07) is 13.0. The van der Waals surface area contributed by atoms with E-state index in [2.05, 4.69) is 20.3 Å². The predicted molar refractivity (Wildman–Crippen MR) is 139 cm³/mol. The number of aliphatic imine (C=N–C) groups is 1. The molecule has 3 N–H and O–H groups in total. The first-order valence-corrected chi connectivity index (χ1v) is 11.7. The Bertz CT molecular complexity index is 997. The summed E-state index contributed by atoms with van der Waals surface area (Å²) in [6.07, 6.45) is 0. The number of hydrogen-bond acceptors (Lipinski definition) is 5. The van der Waals surface area contributed by atoms with E-state index in [9.17, 15) is 8.42 Å². The highest BCUT2D eigenvalue weighted by Crippen LogP contribution is 2.24. The van der Waals surface area contributed by atoms with Gasteiger partial charge in [-0.1, -0.05) is 24.3 Å². The number of halogens is 1. The van der Waals surface area contributed by atoms with Crippen LogP contribution in [0.5, 0.6) is 11.5 Å². The maximum absolute atomic E-state index is 12.3. The summed E-state index contributed by atoms with van der Waals surface area (Å²) in [6.45, 7) is 4.55. The Morgan fingerprint density at radius 3 is 2.16 bits per heavy atom. The second-order valence-electron chi connectivity index (χ2n) is 7.26. The van der Waals surface area contributed by atoms with E-state index in [1.165, 1.54) is 0 Å². The zero-order chi connectivity index (χ0) is 22.9. The molecule has 0 saturated heterocycles. The molecule has 10 heteroatoms. The van der Waals surface area contributed by atoms with Gasteiger partial charge in [-0.25, -0.2) is 13.1 Å². The van der Waals surface area contributed by atoms with Gasteiger partial charge in [0.1, 0.15) is 11.5 Å². The molecule has 0 unspecified atom stereocenters. The van der Waals surface area contributed by atoms with Gasteiger partial charge in [0.2, 0.25) is 10.0 Å². The summed E-state index contributed by atoms with van der Waals surface area (Å²) in [4.78, 5) is 4.25. The SMILES string of the molecule is CN=C(NCc1ccccc1CS(=O)(=O)NC(C)C)NCc1ccc(OC)cc1OC.I. The molecular weight excluding hydrogens is 543 g/mol. The molecular formula is C22H33IN4O4S. The number of sulfonamides is 1. The van der Waals surface area contributed by atoms with Crippen LogP contribution in [0.4, 0.5) is 0 Å². The van der Waals surface area contributed by atoms with Crippen molar-refractivity contribution >= 4 is 40.0 Å². The number of guanidine groups is 1. The van der Waals surface area contributed by atoms with Crippen molar-refractivity contribution in [1.29, 1.82) is 0 Å². The van der Waals surface area contributed by atoms with Gasteiger partial charge in [-0.2, -0.15) is 0 Å². The van der Waals surface area contributed by atoms with Crippen LogP contribution >= 0.6 is 24.0 Å². The molecule has 0 radical (unpaired) electrons. The van der Waals surface area contributed by atoms with Gasteiger partial charge in [0.25, 0.3) is 0 Å². The van der Waals surface area contributed by atoms with Gasteiger partial charge in [0.15, 0.2) is 5.96 Å². The van der Waals surface area contributed by atoms with Crippen molar-refractivity contribution in [1.82, 2.24) is 15.4 Å². The highest BCUT2D eigenvalue weighted by Gasteiger charge is 2.15. The molecule has 0 aromatic heterocycles. The Hall–Kier alpha value is -2.05. The minimum absolute atomic E-state index is 0. The highest BCUT2D eigenvalue weighted by molar-refractivity contribution is 14.0. The van der Waals surface area contributed by atoms with Crippen molar-refractivity contribution in [3.8, 4) is 11.5 Å². The van der Waals surface area contributed by atoms with E-state index in [4.69, 9.17) is 9.47 Å². The lowest BCUT2D eigenvalue weighted by Crippen LogP contribution is -2.37. The second-order valence-corrected chi connectivity index (χ2v) is 9.01. The number of ether oxygens (including phenoxy) is 2. The first-order valence-electron chi connectivity index (χ1n) is 10.00. The maximum Gasteiger partial charge on any atom is 0.216 e. The third-order valence-corrected chi connectivity index (χ3v) is 6.01. The van der Waals surface area contributed by atoms with Crippen molar-refractivity contribution < 1.29 is 17.9 Å². The smallest absolute Gasteiger partial charge is 0.216 e. The number of methoxy groups -OCH3 is 2. The molecule has 0 aliphatic carbocycles. The van der Waals surface area contributed by atoms with Gasteiger partial charge in [-0.15, -0.1) is 24.0 Å². The third kappa shape index (κ3) is 8.83. The topological polar surface area (TPSA) is 101 Å². The molecule has 0 spiro atoms. The lowest BCUT2D eigenvalue weighted by Gasteiger charge is -2.16. The molecule has 0 aliphatic heterocycles. The van der Waals surface area contributed by atoms with E-state index in [1.54, 1.807) is 35.1 Å². The third-order valence-electron chi connectivity index (χ3n) is 4.49. The molecule has 0 fully saturated rings. The Labute approximate surface area is 208 Å². The molecule has 0 aliphatic rings. The second kappa shape index (κ2) is 13.5. The average molecular weight is 577 g/mol. The van der Waals surface area contributed by atoms with E-state index >= 15 is 0 Å². The van der Waals surface area contributed by atoms with Crippen molar-refractivity contribution in [3.05, 3.63) is 59.2 Å². The molecule has 2 aromatic carbocycles. The van der Waals surface area contributed by atoms with E-state index in [0.717, 1.165) is 28.2 Å². The average Bonchev–Trinajstić information content (AvgIpc) is 2.73. The summed E-state index contributed by atoms with van der Waals surface area (Å²) < 4.78 is 37.9. The lowest BCUT2D eigenvalue weighted by molar-refractivity contribution is 0.390. The summed E-state index contributed by atoms with van der Waals surface area (Å²) >= 11 is 0. The van der Waals surface area contributed by atoms with E-state index in [0.29, 0.717) is 19.0 Å². The Morgan fingerprint density at radius 1 is 0.969 bits per heavy atom. The van der Waals surface area contributed by atoms with Gasteiger partial charge in [-0.3, -0.25) is 4.99 Å². The van der Waals surface area contributed by atoms with Crippen molar-refractivity contribution in [3.63, 3.8) is 0 Å². The molecule has 0 amide bonds. The lowest BCUT2D eigenvalue weighted by atomic mass is 10.1. The number of nitrogens with zero attached hydrogens (tertiary/aromatic N) is 1. The van der Waals surface area contributed by atoms with Crippen molar-refractivity contribution in [2.75, 3.05) is 21.3 Å². The van der Waals surface area contributed by atoms with Crippen LogP contribution in [0.25, 0.3) is 0 Å². The molecule has 178 valence electrons. The van der Waals surface area contributed by atoms with Gasteiger partial charge >= 0.3 is 0 Å². The molecule has 2 aromatic rings. The molecule has 2 rings (SSSR count). The van der Waals surface area contributed by atoms with Gasteiger partial charge in [-0.05, 0) is 37.1 Å². The highest BCUT2D eigenvalue weighted by atomic mass is 127. The number of benzene rings is 2. The fraction of sp³-hybridized carbons (Fsp3) is 0.409. The summed E-state index contributed by atoms with van der Waals surface area (Å²) in [5, 5.41) is 6.49. The quantitative estimate of drug-likeness (QED) is 0.229. The van der Waals surface area contributed by atoms with Gasteiger partial charge in [0, 0.05) is 37.8 Å². The number of rotatable bonds is 10. The van der Waals surface area contributed by atoms with Crippen LogP contribution in [-0.2, 0) is 28.9 Å². The van der Waals surface area contributed by atoms with E-state index in [1.807, 2.05) is 42.5 Å². The zero-order valence-corrected chi connectivity index (χ0v) is 22.3. The Kier molecular flexibility index (Phi) is 11.8. The number of nitrogens with one attached hydrogen (secondary N) is 3. The summed E-state index contributed by atoms with van der Waals surface area (Å²) in [5.41, 5.74) is 2.59.